The summed E-state index contributed by atoms with van der Waals surface area (Å²) in [6, 6.07) is 26.5. The molecular formula is C30H35N3O2. The van der Waals surface area contributed by atoms with E-state index in [1.165, 1.54) is 5.56 Å². The van der Waals surface area contributed by atoms with Gasteiger partial charge in [-0.3, -0.25) is 4.79 Å². The van der Waals surface area contributed by atoms with Crippen LogP contribution in [0.3, 0.4) is 0 Å². The Balaban J connectivity index is 1.31. The molecule has 0 fully saturated rings. The van der Waals surface area contributed by atoms with Gasteiger partial charge in [0.1, 0.15) is 18.2 Å². The van der Waals surface area contributed by atoms with E-state index in [0.717, 1.165) is 54.0 Å². The van der Waals surface area contributed by atoms with Crippen LogP contribution in [0, 0.1) is 0 Å². The van der Waals surface area contributed by atoms with Crippen LogP contribution in [0.15, 0.2) is 78.9 Å². The number of benzene rings is 3. The van der Waals surface area contributed by atoms with Gasteiger partial charge in [-0.2, -0.15) is 0 Å². The van der Waals surface area contributed by atoms with Crippen LogP contribution in [-0.4, -0.2) is 28.6 Å². The lowest BCUT2D eigenvalue weighted by Crippen LogP contribution is -2.26. The predicted molar refractivity (Wildman–Crippen MR) is 142 cm³/mol. The van der Waals surface area contributed by atoms with Crippen molar-refractivity contribution in [2.75, 3.05) is 13.2 Å². The second-order valence-corrected chi connectivity index (χ2v) is 9.01. The van der Waals surface area contributed by atoms with E-state index in [-0.39, 0.29) is 5.91 Å². The molecule has 35 heavy (non-hydrogen) atoms. The Morgan fingerprint density at radius 3 is 2.51 bits per heavy atom. The van der Waals surface area contributed by atoms with E-state index in [9.17, 15) is 4.79 Å². The number of hydrogen-bond donors (Lipinski definition) is 1. The SMILES string of the molecule is CCC(C)c1ccc(OCCn2c(CCCNC(=O)Cc3ccccc3)nc3ccccc32)cc1. The fourth-order valence-corrected chi connectivity index (χ4v) is 4.27. The zero-order valence-corrected chi connectivity index (χ0v) is 20.7. The molecule has 182 valence electrons. The first-order valence-electron chi connectivity index (χ1n) is 12.6. The van der Waals surface area contributed by atoms with Gasteiger partial charge in [-0.15, -0.1) is 0 Å². The number of fused-ring (bicyclic) bond motifs is 1. The lowest BCUT2D eigenvalue weighted by molar-refractivity contribution is -0.120. The number of nitrogens with zero attached hydrogens (tertiary/aromatic N) is 2. The third-order valence-electron chi connectivity index (χ3n) is 6.49. The average molecular weight is 470 g/mol. The number of amides is 1. The van der Waals surface area contributed by atoms with E-state index in [1.807, 2.05) is 48.5 Å². The summed E-state index contributed by atoms with van der Waals surface area (Å²) in [5, 5.41) is 3.04. The number of aryl methyl sites for hydroxylation is 1. The molecule has 4 rings (SSSR count). The van der Waals surface area contributed by atoms with Crippen molar-refractivity contribution in [1.29, 1.82) is 0 Å². The first kappa shape index (κ1) is 24.5. The maximum Gasteiger partial charge on any atom is 0.224 e. The van der Waals surface area contributed by atoms with Crippen molar-refractivity contribution in [3.8, 4) is 5.75 Å². The van der Waals surface area contributed by atoms with Crippen LogP contribution >= 0.6 is 0 Å². The standard InChI is InChI=1S/C30H35N3O2/c1-3-23(2)25-15-17-26(18-16-25)35-21-20-33-28-13-8-7-12-27(28)32-29(33)14-9-19-31-30(34)22-24-10-5-4-6-11-24/h4-8,10-13,15-18,23H,3,9,14,19-22H2,1-2H3,(H,31,34). The third-order valence-corrected chi connectivity index (χ3v) is 6.49. The Labute approximate surface area is 208 Å². The molecule has 0 aliphatic heterocycles. The van der Waals surface area contributed by atoms with Gasteiger partial charge in [0.2, 0.25) is 5.91 Å². The molecule has 0 saturated carbocycles. The Morgan fingerprint density at radius 1 is 1.00 bits per heavy atom. The molecule has 1 amide bonds. The second kappa shape index (κ2) is 12.2. The first-order valence-corrected chi connectivity index (χ1v) is 12.6. The number of rotatable bonds is 12. The summed E-state index contributed by atoms with van der Waals surface area (Å²) >= 11 is 0. The molecule has 5 heteroatoms. The van der Waals surface area contributed by atoms with Gasteiger partial charge in [-0.1, -0.05) is 68.4 Å². The zero-order chi connectivity index (χ0) is 24.5. The van der Waals surface area contributed by atoms with Gasteiger partial charge in [-0.25, -0.2) is 4.98 Å². The van der Waals surface area contributed by atoms with Gasteiger partial charge in [0.25, 0.3) is 0 Å². The molecule has 3 aromatic carbocycles. The fourth-order valence-electron chi connectivity index (χ4n) is 4.27. The minimum Gasteiger partial charge on any atom is -0.492 e. The number of carbonyl (C=O) groups is 1. The largest absolute Gasteiger partial charge is 0.492 e. The number of para-hydroxylation sites is 2. The van der Waals surface area contributed by atoms with Crippen molar-refractivity contribution in [2.24, 2.45) is 0 Å². The number of imidazole rings is 1. The molecule has 0 aliphatic carbocycles. The highest BCUT2D eigenvalue weighted by Gasteiger charge is 2.11. The summed E-state index contributed by atoms with van der Waals surface area (Å²) in [5.74, 6) is 2.54. The summed E-state index contributed by atoms with van der Waals surface area (Å²) in [6.07, 6.45) is 3.17. The number of carbonyl (C=O) groups excluding carboxylic acids is 1. The number of aromatic nitrogens is 2. The Kier molecular flexibility index (Phi) is 8.55. The van der Waals surface area contributed by atoms with E-state index < -0.39 is 0 Å². The van der Waals surface area contributed by atoms with Gasteiger partial charge in [0.15, 0.2) is 0 Å². The second-order valence-electron chi connectivity index (χ2n) is 9.01. The monoisotopic (exact) mass is 469 g/mol. The number of ether oxygens (including phenoxy) is 1. The van der Waals surface area contributed by atoms with Gasteiger partial charge in [0, 0.05) is 13.0 Å². The minimum atomic E-state index is 0.0532. The third kappa shape index (κ3) is 6.72. The van der Waals surface area contributed by atoms with E-state index >= 15 is 0 Å². The molecule has 1 aromatic heterocycles. The van der Waals surface area contributed by atoms with Crippen LogP contribution < -0.4 is 10.1 Å². The Morgan fingerprint density at radius 2 is 1.74 bits per heavy atom. The highest BCUT2D eigenvalue weighted by molar-refractivity contribution is 5.78. The van der Waals surface area contributed by atoms with Gasteiger partial charge < -0.3 is 14.6 Å². The van der Waals surface area contributed by atoms with Gasteiger partial charge in [-0.05, 0) is 54.2 Å². The molecule has 0 saturated heterocycles. The van der Waals surface area contributed by atoms with Crippen molar-refractivity contribution >= 4 is 16.9 Å². The smallest absolute Gasteiger partial charge is 0.224 e. The fraction of sp³-hybridized carbons (Fsp3) is 0.333. The van der Waals surface area contributed by atoms with E-state index in [0.29, 0.717) is 25.5 Å². The summed E-state index contributed by atoms with van der Waals surface area (Å²) < 4.78 is 8.30. The highest BCUT2D eigenvalue weighted by Crippen LogP contribution is 2.22. The molecule has 0 spiro atoms. The summed E-state index contributed by atoms with van der Waals surface area (Å²) in [7, 11) is 0. The summed E-state index contributed by atoms with van der Waals surface area (Å²) in [6.45, 7) is 6.39. The summed E-state index contributed by atoms with van der Waals surface area (Å²) in [5.41, 5.74) is 4.49. The molecule has 0 radical (unpaired) electrons. The van der Waals surface area contributed by atoms with Crippen LogP contribution in [0.5, 0.6) is 5.75 Å². The highest BCUT2D eigenvalue weighted by atomic mass is 16.5. The van der Waals surface area contributed by atoms with Crippen molar-refractivity contribution in [2.45, 2.75) is 52.0 Å². The first-order chi connectivity index (χ1) is 17.1. The van der Waals surface area contributed by atoms with Crippen molar-refractivity contribution < 1.29 is 9.53 Å². The normalized spacial score (nSPS) is 11.9. The summed E-state index contributed by atoms with van der Waals surface area (Å²) in [4.78, 5) is 17.1. The van der Waals surface area contributed by atoms with Gasteiger partial charge >= 0.3 is 0 Å². The average Bonchev–Trinajstić information content (AvgIpc) is 3.24. The molecule has 1 heterocycles. The lowest BCUT2D eigenvalue weighted by Gasteiger charge is -2.13. The quantitative estimate of drug-likeness (QED) is 0.262. The van der Waals surface area contributed by atoms with E-state index in [2.05, 4.69) is 54.1 Å². The lowest BCUT2D eigenvalue weighted by atomic mass is 9.99. The maximum absolute atomic E-state index is 12.2. The molecule has 0 aliphatic rings. The maximum atomic E-state index is 12.2. The predicted octanol–water partition coefficient (Wildman–Crippen LogP) is 5.92. The zero-order valence-electron chi connectivity index (χ0n) is 20.7. The van der Waals surface area contributed by atoms with Crippen molar-refractivity contribution in [1.82, 2.24) is 14.9 Å². The number of nitrogens with one attached hydrogen (secondary N) is 1. The Bertz CT molecular complexity index is 1220. The minimum absolute atomic E-state index is 0.0532. The van der Waals surface area contributed by atoms with Crippen LogP contribution in [0.4, 0.5) is 0 Å². The Hall–Kier alpha value is -3.60. The molecule has 0 bridgehead atoms. The molecule has 4 aromatic rings. The number of hydrogen-bond acceptors (Lipinski definition) is 3. The van der Waals surface area contributed by atoms with Crippen LogP contribution in [0.1, 0.15) is 49.6 Å². The van der Waals surface area contributed by atoms with Crippen LogP contribution in [0.25, 0.3) is 11.0 Å². The van der Waals surface area contributed by atoms with Crippen molar-refractivity contribution in [3.05, 3.63) is 95.8 Å². The van der Waals surface area contributed by atoms with E-state index in [1.54, 1.807) is 0 Å². The molecule has 5 nitrogen and oxygen atoms in total. The molecule has 1 N–H and O–H groups in total. The molecular weight excluding hydrogens is 434 g/mol. The van der Waals surface area contributed by atoms with Crippen molar-refractivity contribution in [3.63, 3.8) is 0 Å². The van der Waals surface area contributed by atoms with E-state index in [4.69, 9.17) is 9.72 Å². The molecule has 1 atom stereocenters. The van der Waals surface area contributed by atoms with Gasteiger partial charge in [0.05, 0.1) is 24.0 Å². The van der Waals surface area contributed by atoms with Crippen LogP contribution in [-0.2, 0) is 24.2 Å². The van der Waals surface area contributed by atoms with Crippen LogP contribution in [0.2, 0.25) is 0 Å². The molecule has 1 unspecified atom stereocenters. The topological polar surface area (TPSA) is 56.1 Å².